The molecule has 0 heterocycles. The summed E-state index contributed by atoms with van der Waals surface area (Å²) in [4.78, 5) is 31.6. The van der Waals surface area contributed by atoms with Crippen molar-refractivity contribution in [2.24, 2.45) is 0 Å². The number of non-ortho nitro benzene ring substituents is 1. The number of nitrogens with zero attached hydrogens (tertiary/aromatic N) is 1. The first-order chi connectivity index (χ1) is 11.8. The SMILES string of the molecule is O=C(N[C@@](Cl)(C(=O)O)[C@H](Cl)c1ccccc1)c1ccc([N+](=O)[O-])cc1. The van der Waals surface area contributed by atoms with Crippen molar-refractivity contribution < 1.29 is 19.6 Å². The number of alkyl halides is 2. The van der Waals surface area contributed by atoms with E-state index in [2.05, 4.69) is 5.32 Å². The molecule has 0 aromatic heterocycles. The lowest BCUT2D eigenvalue weighted by Gasteiger charge is -2.28. The molecule has 0 unspecified atom stereocenters. The summed E-state index contributed by atoms with van der Waals surface area (Å²) in [6.07, 6.45) is 0. The second-order valence-corrected chi connectivity index (χ2v) is 6.08. The van der Waals surface area contributed by atoms with Crippen molar-refractivity contribution >= 4 is 40.8 Å². The first-order valence-corrected chi connectivity index (χ1v) is 7.75. The number of benzene rings is 2. The zero-order chi connectivity index (χ0) is 18.6. The van der Waals surface area contributed by atoms with E-state index in [1.807, 2.05) is 0 Å². The molecule has 9 heteroatoms. The number of hydrogen-bond acceptors (Lipinski definition) is 4. The molecule has 7 nitrogen and oxygen atoms in total. The minimum absolute atomic E-state index is 0.00815. The number of nitrogens with one attached hydrogen (secondary N) is 1. The number of carboxylic acids is 1. The minimum Gasteiger partial charge on any atom is -0.479 e. The Kier molecular flexibility index (Phi) is 5.61. The van der Waals surface area contributed by atoms with Crippen molar-refractivity contribution in [1.82, 2.24) is 5.32 Å². The summed E-state index contributed by atoms with van der Waals surface area (Å²) >= 11 is 12.3. The number of carbonyl (C=O) groups excluding carboxylic acids is 1. The molecule has 25 heavy (non-hydrogen) atoms. The molecule has 2 rings (SSSR count). The Morgan fingerprint density at radius 1 is 1.12 bits per heavy atom. The summed E-state index contributed by atoms with van der Waals surface area (Å²) < 4.78 is 0. The van der Waals surface area contributed by atoms with Gasteiger partial charge in [-0.1, -0.05) is 41.9 Å². The van der Waals surface area contributed by atoms with Gasteiger partial charge in [0.15, 0.2) is 0 Å². The van der Waals surface area contributed by atoms with Gasteiger partial charge in [-0.15, -0.1) is 11.6 Å². The predicted molar refractivity (Wildman–Crippen MR) is 91.8 cm³/mol. The van der Waals surface area contributed by atoms with Crippen LogP contribution in [0.5, 0.6) is 0 Å². The maximum atomic E-state index is 12.3. The normalized spacial score (nSPS) is 14.2. The van der Waals surface area contributed by atoms with Crippen LogP contribution in [0, 0.1) is 10.1 Å². The van der Waals surface area contributed by atoms with Gasteiger partial charge in [-0.3, -0.25) is 14.9 Å². The highest BCUT2D eigenvalue weighted by Gasteiger charge is 2.46. The number of carboxylic acid groups (broad SMARTS) is 1. The van der Waals surface area contributed by atoms with Gasteiger partial charge >= 0.3 is 5.97 Å². The van der Waals surface area contributed by atoms with Crippen LogP contribution in [0.3, 0.4) is 0 Å². The van der Waals surface area contributed by atoms with Gasteiger partial charge in [0.25, 0.3) is 11.6 Å². The molecule has 0 fully saturated rings. The van der Waals surface area contributed by atoms with E-state index in [1.165, 1.54) is 12.1 Å². The van der Waals surface area contributed by atoms with Crippen molar-refractivity contribution in [1.29, 1.82) is 0 Å². The van der Waals surface area contributed by atoms with Crippen LogP contribution in [0.25, 0.3) is 0 Å². The number of nitro benzene ring substituents is 1. The number of rotatable bonds is 6. The van der Waals surface area contributed by atoms with E-state index in [9.17, 15) is 24.8 Å². The zero-order valence-electron chi connectivity index (χ0n) is 12.6. The van der Waals surface area contributed by atoms with Crippen LogP contribution in [0.1, 0.15) is 21.3 Å². The van der Waals surface area contributed by atoms with E-state index in [0.29, 0.717) is 5.56 Å². The monoisotopic (exact) mass is 382 g/mol. The molecule has 2 atom stereocenters. The van der Waals surface area contributed by atoms with E-state index >= 15 is 0 Å². The highest BCUT2D eigenvalue weighted by molar-refractivity contribution is 6.40. The number of nitro groups is 1. The van der Waals surface area contributed by atoms with Gasteiger partial charge in [0, 0.05) is 17.7 Å². The van der Waals surface area contributed by atoms with Gasteiger partial charge in [-0.2, -0.15) is 0 Å². The van der Waals surface area contributed by atoms with Crippen LogP contribution in [-0.2, 0) is 4.79 Å². The van der Waals surface area contributed by atoms with Crippen LogP contribution >= 0.6 is 23.2 Å². The summed E-state index contributed by atoms with van der Waals surface area (Å²) in [7, 11) is 0. The molecule has 0 spiro atoms. The Labute approximate surface area is 152 Å². The Bertz CT molecular complexity index is 798. The molecule has 1 amide bonds. The summed E-state index contributed by atoms with van der Waals surface area (Å²) in [6, 6.07) is 12.8. The molecule has 0 saturated carbocycles. The fourth-order valence-corrected chi connectivity index (χ4v) is 2.55. The molecule has 0 bridgehead atoms. The number of halogens is 2. The molecule has 0 aliphatic rings. The lowest BCUT2D eigenvalue weighted by atomic mass is 10.0. The Morgan fingerprint density at radius 3 is 2.16 bits per heavy atom. The molecule has 0 saturated heterocycles. The van der Waals surface area contributed by atoms with Crippen molar-refractivity contribution in [2.45, 2.75) is 10.4 Å². The van der Waals surface area contributed by atoms with Crippen LogP contribution in [0.15, 0.2) is 54.6 Å². The molecule has 2 aromatic rings. The molecule has 0 aliphatic heterocycles. The fourth-order valence-electron chi connectivity index (χ4n) is 2.05. The van der Waals surface area contributed by atoms with Crippen molar-refractivity contribution in [3.63, 3.8) is 0 Å². The number of aliphatic carboxylic acids is 1. The Morgan fingerprint density at radius 2 is 1.68 bits per heavy atom. The molecule has 2 N–H and O–H groups in total. The zero-order valence-corrected chi connectivity index (χ0v) is 14.1. The number of hydrogen-bond donors (Lipinski definition) is 2. The predicted octanol–water partition coefficient (Wildman–Crippen LogP) is 3.32. The quantitative estimate of drug-likeness (QED) is 0.344. The standard InChI is InChI=1S/C16H12Cl2N2O5/c17-13(10-4-2-1-3-5-10)16(18,15(22)23)19-14(21)11-6-8-12(9-7-11)20(24)25/h1-9,13H,(H,19,21)(H,22,23)/t13-,16-/m1/s1. The van der Waals surface area contributed by atoms with E-state index in [-0.39, 0.29) is 11.3 Å². The minimum atomic E-state index is -2.30. The van der Waals surface area contributed by atoms with E-state index < -0.39 is 27.2 Å². The van der Waals surface area contributed by atoms with Crippen LogP contribution < -0.4 is 5.32 Å². The summed E-state index contributed by atoms with van der Waals surface area (Å²) in [5, 5.41) is 21.0. The topological polar surface area (TPSA) is 110 Å². The molecule has 0 aliphatic carbocycles. The highest BCUT2D eigenvalue weighted by atomic mass is 35.5. The maximum absolute atomic E-state index is 12.3. The van der Waals surface area contributed by atoms with Crippen molar-refractivity contribution in [3.05, 3.63) is 75.8 Å². The first-order valence-electron chi connectivity index (χ1n) is 6.94. The van der Waals surface area contributed by atoms with Gasteiger partial charge in [0.1, 0.15) is 5.38 Å². The first kappa shape index (κ1) is 18.7. The van der Waals surface area contributed by atoms with Gasteiger partial charge in [-0.05, 0) is 17.7 Å². The third-order valence-corrected chi connectivity index (χ3v) is 4.55. The fraction of sp³-hybridized carbons (Fsp3) is 0.125. The number of carbonyl (C=O) groups is 2. The average molecular weight is 383 g/mol. The second-order valence-electron chi connectivity index (χ2n) is 5.05. The van der Waals surface area contributed by atoms with Gasteiger partial charge < -0.3 is 10.4 Å². The smallest absolute Gasteiger partial charge is 0.347 e. The molecule has 2 aromatic carbocycles. The molecule has 0 radical (unpaired) electrons. The Hall–Kier alpha value is -2.64. The van der Waals surface area contributed by atoms with Crippen molar-refractivity contribution in [3.8, 4) is 0 Å². The largest absolute Gasteiger partial charge is 0.479 e. The van der Waals surface area contributed by atoms with Gasteiger partial charge in [0.05, 0.1) is 4.92 Å². The van der Waals surface area contributed by atoms with Gasteiger partial charge in [-0.25, -0.2) is 4.79 Å². The molecule has 130 valence electrons. The lowest BCUT2D eigenvalue weighted by Crippen LogP contribution is -2.53. The number of amides is 1. The van der Waals surface area contributed by atoms with Gasteiger partial charge in [0.2, 0.25) is 5.00 Å². The molecular formula is C16H12Cl2N2O5. The van der Waals surface area contributed by atoms with Crippen LogP contribution in [0.4, 0.5) is 5.69 Å². The highest BCUT2D eigenvalue weighted by Crippen LogP contribution is 2.36. The average Bonchev–Trinajstić information content (AvgIpc) is 2.61. The van der Waals surface area contributed by atoms with E-state index in [1.54, 1.807) is 30.3 Å². The van der Waals surface area contributed by atoms with E-state index in [4.69, 9.17) is 23.2 Å². The maximum Gasteiger partial charge on any atom is 0.347 e. The summed E-state index contributed by atoms with van der Waals surface area (Å²) in [5.41, 5.74) is 0.214. The van der Waals surface area contributed by atoms with Crippen LogP contribution in [-0.4, -0.2) is 26.9 Å². The van der Waals surface area contributed by atoms with E-state index in [0.717, 1.165) is 12.1 Å². The second kappa shape index (κ2) is 7.50. The Balaban J connectivity index is 2.27. The third-order valence-electron chi connectivity index (χ3n) is 3.39. The molecular weight excluding hydrogens is 371 g/mol. The summed E-state index contributed by atoms with van der Waals surface area (Å²) in [6.45, 7) is 0. The van der Waals surface area contributed by atoms with Crippen LogP contribution in [0.2, 0.25) is 0 Å². The summed E-state index contributed by atoms with van der Waals surface area (Å²) in [5.74, 6) is -2.36. The lowest BCUT2D eigenvalue weighted by molar-refractivity contribution is -0.384. The third kappa shape index (κ3) is 4.07. The van der Waals surface area contributed by atoms with Crippen molar-refractivity contribution in [2.75, 3.05) is 0 Å².